The molecule has 1 aliphatic heterocycles. The molecule has 34 heavy (non-hydrogen) atoms. The van der Waals surface area contributed by atoms with Gasteiger partial charge in [-0.3, -0.25) is 4.68 Å². The predicted molar refractivity (Wildman–Crippen MR) is 136 cm³/mol. The monoisotopic (exact) mass is 462 g/mol. The van der Waals surface area contributed by atoms with Gasteiger partial charge in [0.05, 0.1) is 11.9 Å². The predicted octanol–water partition coefficient (Wildman–Crippen LogP) is 5.16. The topological polar surface area (TPSA) is 58.9 Å². The molecule has 0 aromatic carbocycles. The van der Waals surface area contributed by atoms with Crippen LogP contribution in [0.2, 0.25) is 0 Å². The number of aryl methyl sites for hydroxylation is 2. The molecular weight excluding hydrogens is 420 g/mol. The second-order valence-electron chi connectivity index (χ2n) is 12.8. The average molecular weight is 463 g/mol. The van der Waals surface area contributed by atoms with Crippen LogP contribution in [-0.2, 0) is 7.05 Å². The number of rotatable bonds is 5. The van der Waals surface area contributed by atoms with E-state index < -0.39 is 0 Å². The summed E-state index contributed by atoms with van der Waals surface area (Å²) in [6, 6.07) is 4.68. The van der Waals surface area contributed by atoms with E-state index in [4.69, 9.17) is 0 Å². The maximum absolute atomic E-state index is 4.50. The smallest absolute Gasteiger partial charge is 0.148 e. The Kier molecular flexibility index (Phi) is 5.70. The molecule has 2 unspecified atom stereocenters. The van der Waals surface area contributed by atoms with Gasteiger partial charge in [-0.25, -0.2) is 0 Å². The number of aromatic nitrogens is 4. The Hall–Kier alpha value is -1.95. The maximum Gasteiger partial charge on any atom is 0.148 e. The van der Waals surface area contributed by atoms with Gasteiger partial charge in [-0.1, -0.05) is 13.8 Å². The van der Waals surface area contributed by atoms with Crippen LogP contribution in [0.1, 0.15) is 64.4 Å². The minimum atomic E-state index is 0.530. The SMILES string of the molecule is Cc1cnn(C)c1-c1ccc(N[C@H]2C[C@@H]3CN(CC45CC(C)CC(CC(C)C4)C5)C[C@@H]3C2)nn1. The molecule has 4 fully saturated rings. The van der Waals surface area contributed by atoms with Crippen LogP contribution >= 0.6 is 0 Å². The van der Waals surface area contributed by atoms with Gasteiger partial charge in [-0.2, -0.15) is 5.10 Å². The molecule has 2 aromatic rings. The Morgan fingerprint density at radius 2 is 1.68 bits per heavy atom. The first-order chi connectivity index (χ1) is 16.4. The molecule has 4 aliphatic rings. The van der Waals surface area contributed by atoms with Gasteiger partial charge in [0, 0.05) is 32.7 Å². The second kappa shape index (κ2) is 8.61. The maximum atomic E-state index is 4.50. The lowest BCUT2D eigenvalue weighted by atomic mass is 9.56. The molecule has 6 rings (SSSR count). The number of hydrogen-bond acceptors (Lipinski definition) is 5. The van der Waals surface area contributed by atoms with Gasteiger partial charge in [0.1, 0.15) is 11.5 Å². The molecule has 184 valence electrons. The van der Waals surface area contributed by atoms with Gasteiger partial charge >= 0.3 is 0 Å². The Bertz CT molecular complexity index is 959. The first-order valence-corrected chi connectivity index (χ1v) is 13.7. The molecule has 6 heteroatoms. The summed E-state index contributed by atoms with van der Waals surface area (Å²) in [6.45, 7) is 11.1. The van der Waals surface area contributed by atoms with Crippen molar-refractivity contribution in [2.24, 2.45) is 42.1 Å². The summed E-state index contributed by atoms with van der Waals surface area (Å²) in [5.41, 5.74) is 3.67. The van der Waals surface area contributed by atoms with E-state index in [9.17, 15) is 0 Å². The summed E-state index contributed by atoms with van der Waals surface area (Å²) < 4.78 is 1.87. The van der Waals surface area contributed by atoms with Gasteiger partial charge in [-0.15, -0.1) is 10.2 Å². The molecule has 1 N–H and O–H groups in total. The molecule has 5 atom stereocenters. The number of nitrogens with one attached hydrogen (secondary N) is 1. The minimum Gasteiger partial charge on any atom is -0.366 e. The van der Waals surface area contributed by atoms with Crippen molar-refractivity contribution in [1.82, 2.24) is 24.9 Å². The Balaban J connectivity index is 1.04. The molecular formula is C28H42N6. The highest BCUT2D eigenvalue weighted by molar-refractivity contribution is 5.59. The van der Waals surface area contributed by atoms with Gasteiger partial charge in [0.2, 0.25) is 0 Å². The highest BCUT2D eigenvalue weighted by Gasteiger charge is 2.48. The molecule has 3 saturated carbocycles. The van der Waals surface area contributed by atoms with Gasteiger partial charge in [0.25, 0.3) is 0 Å². The lowest BCUT2D eigenvalue weighted by molar-refractivity contribution is -0.00647. The quantitative estimate of drug-likeness (QED) is 0.665. The van der Waals surface area contributed by atoms with Gasteiger partial charge in [-0.05, 0) is 105 Å². The van der Waals surface area contributed by atoms with Crippen LogP contribution in [-0.4, -0.2) is 50.6 Å². The van der Waals surface area contributed by atoms with E-state index >= 15 is 0 Å². The first kappa shape index (κ1) is 22.5. The van der Waals surface area contributed by atoms with E-state index in [0.717, 1.165) is 52.4 Å². The number of likely N-dealkylation sites (tertiary alicyclic amines) is 1. The molecule has 0 radical (unpaired) electrons. The van der Waals surface area contributed by atoms with Crippen LogP contribution < -0.4 is 5.32 Å². The molecule has 6 nitrogen and oxygen atoms in total. The van der Waals surface area contributed by atoms with E-state index in [1.165, 1.54) is 64.6 Å². The van der Waals surface area contributed by atoms with Crippen molar-refractivity contribution in [2.45, 2.75) is 71.8 Å². The zero-order valence-electron chi connectivity index (χ0n) is 21.5. The summed E-state index contributed by atoms with van der Waals surface area (Å²) in [6.07, 6.45) is 11.8. The largest absolute Gasteiger partial charge is 0.366 e. The molecule has 3 heterocycles. The number of fused-ring (bicyclic) bond motifs is 3. The van der Waals surface area contributed by atoms with E-state index in [1.54, 1.807) is 0 Å². The van der Waals surface area contributed by atoms with Gasteiger partial charge < -0.3 is 10.2 Å². The third-order valence-corrected chi connectivity index (χ3v) is 9.52. The van der Waals surface area contributed by atoms with Crippen molar-refractivity contribution in [3.05, 3.63) is 23.9 Å². The normalized spacial score (nSPS) is 37.6. The highest BCUT2D eigenvalue weighted by Crippen LogP contribution is 2.54. The second-order valence-corrected chi connectivity index (χ2v) is 12.8. The first-order valence-electron chi connectivity index (χ1n) is 13.7. The molecule has 1 saturated heterocycles. The van der Waals surface area contributed by atoms with Crippen molar-refractivity contribution in [3.8, 4) is 11.4 Å². The van der Waals surface area contributed by atoms with Crippen LogP contribution in [0.3, 0.4) is 0 Å². The summed E-state index contributed by atoms with van der Waals surface area (Å²) in [5, 5.41) is 17.0. The minimum absolute atomic E-state index is 0.530. The Morgan fingerprint density at radius 1 is 0.971 bits per heavy atom. The molecule has 0 spiro atoms. The van der Waals surface area contributed by atoms with Crippen molar-refractivity contribution in [2.75, 3.05) is 25.0 Å². The van der Waals surface area contributed by atoms with E-state index in [-0.39, 0.29) is 0 Å². The molecule has 2 aromatic heterocycles. The van der Waals surface area contributed by atoms with Crippen LogP contribution in [0.15, 0.2) is 18.3 Å². The van der Waals surface area contributed by atoms with Crippen LogP contribution in [0.5, 0.6) is 0 Å². The Morgan fingerprint density at radius 3 is 2.26 bits per heavy atom. The Labute approximate surface area is 204 Å². The van der Waals surface area contributed by atoms with Crippen molar-refractivity contribution in [1.29, 1.82) is 0 Å². The van der Waals surface area contributed by atoms with Crippen LogP contribution in [0.4, 0.5) is 5.82 Å². The standard InChI is InChI=1S/C28H42N6/c1-18-7-21-8-19(2)12-28(11-18,13-21)17-34-15-22-9-24(10-23(22)16-34)30-26-6-5-25(31-32-26)27-20(3)14-29-33(27)4/h5-6,14,18-19,21-24H,7-13,15-17H2,1-4H3,(H,30,32)/t18?,19?,21?,22-,23+,24+,28?. The number of nitrogens with zero attached hydrogens (tertiary/aromatic N) is 5. The highest BCUT2D eigenvalue weighted by atomic mass is 15.3. The van der Waals surface area contributed by atoms with E-state index in [0.29, 0.717) is 11.5 Å². The molecule has 0 amide bonds. The lowest BCUT2D eigenvalue weighted by Crippen LogP contribution is -2.46. The van der Waals surface area contributed by atoms with Crippen LogP contribution in [0.25, 0.3) is 11.4 Å². The number of anilines is 1. The fraction of sp³-hybridized carbons (Fsp3) is 0.750. The van der Waals surface area contributed by atoms with Crippen molar-refractivity contribution < 1.29 is 0 Å². The van der Waals surface area contributed by atoms with E-state index in [1.807, 2.05) is 17.9 Å². The fourth-order valence-electron chi connectivity index (χ4n) is 8.88. The average Bonchev–Trinajstić information content (AvgIpc) is 3.40. The summed E-state index contributed by atoms with van der Waals surface area (Å²) >= 11 is 0. The van der Waals surface area contributed by atoms with E-state index in [2.05, 4.69) is 58.4 Å². The lowest BCUT2D eigenvalue weighted by Gasteiger charge is -2.51. The van der Waals surface area contributed by atoms with Crippen LogP contribution in [0, 0.1) is 41.9 Å². The van der Waals surface area contributed by atoms with Crippen molar-refractivity contribution >= 4 is 5.82 Å². The summed E-state index contributed by atoms with van der Waals surface area (Å²) in [4.78, 5) is 2.86. The third-order valence-electron chi connectivity index (χ3n) is 9.52. The van der Waals surface area contributed by atoms with Gasteiger partial charge in [0.15, 0.2) is 0 Å². The summed E-state index contributed by atoms with van der Waals surface area (Å²) in [5.74, 6) is 5.44. The summed E-state index contributed by atoms with van der Waals surface area (Å²) in [7, 11) is 1.96. The molecule has 2 bridgehead atoms. The van der Waals surface area contributed by atoms with Crippen molar-refractivity contribution in [3.63, 3.8) is 0 Å². The zero-order chi connectivity index (χ0) is 23.4. The third kappa shape index (κ3) is 4.27. The zero-order valence-corrected chi connectivity index (χ0v) is 21.5. The molecule has 3 aliphatic carbocycles. The fourth-order valence-corrected chi connectivity index (χ4v) is 8.88. The number of hydrogen-bond donors (Lipinski definition) is 1.